The van der Waals surface area contributed by atoms with Crippen molar-refractivity contribution >= 4 is 11.9 Å². The summed E-state index contributed by atoms with van der Waals surface area (Å²) in [7, 11) is 0. The molecule has 2 N–H and O–H groups in total. The number of rotatable bonds is 9. The summed E-state index contributed by atoms with van der Waals surface area (Å²) in [6, 6.07) is 0. The van der Waals surface area contributed by atoms with Crippen molar-refractivity contribution < 1.29 is 14.7 Å². The third-order valence-corrected chi connectivity index (χ3v) is 3.70. The Morgan fingerprint density at radius 1 is 1.05 bits per heavy atom. The Balaban J connectivity index is 4.07. The quantitative estimate of drug-likeness (QED) is 0.682. The molecule has 0 fully saturated rings. The minimum atomic E-state index is -0.750. The van der Waals surface area contributed by atoms with Gasteiger partial charge >= 0.3 is 5.97 Å². The maximum absolute atomic E-state index is 11.6. The Bertz CT molecular complexity index is 305. The Kier molecular flexibility index (Phi) is 8.51. The van der Waals surface area contributed by atoms with Crippen LogP contribution < -0.4 is 5.32 Å². The average Bonchev–Trinajstić information content (AvgIpc) is 2.28. The molecule has 0 heterocycles. The van der Waals surface area contributed by atoms with Crippen LogP contribution >= 0.6 is 0 Å². The lowest BCUT2D eigenvalue weighted by Gasteiger charge is -2.30. The van der Waals surface area contributed by atoms with Crippen LogP contribution in [0.2, 0.25) is 0 Å². The molecule has 0 saturated carbocycles. The van der Waals surface area contributed by atoms with Crippen molar-refractivity contribution in [2.45, 2.75) is 66.7 Å². The van der Waals surface area contributed by atoms with Gasteiger partial charge in [-0.3, -0.25) is 9.59 Å². The lowest BCUT2D eigenvalue weighted by molar-refractivity contribution is -0.137. The van der Waals surface area contributed by atoms with Gasteiger partial charge in [0.1, 0.15) is 0 Å². The van der Waals surface area contributed by atoms with Gasteiger partial charge in [0.2, 0.25) is 5.91 Å². The molecule has 4 heteroatoms. The molecule has 0 aliphatic carbocycles. The normalized spacial score (nSPS) is 13.3. The molecule has 0 rings (SSSR count). The molecule has 0 saturated heterocycles. The van der Waals surface area contributed by atoms with E-state index in [9.17, 15) is 9.59 Å². The fourth-order valence-corrected chi connectivity index (χ4v) is 2.20. The van der Waals surface area contributed by atoms with Crippen LogP contribution in [0.3, 0.4) is 0 Å². The summed E-state index contributed by atoms with van der Waals surface area (Å²) >= 11 is 0. The van der Waals surface area contributed by atoms with Crippen LogP contribution in [0.1, 0.15) is 66.7 Å². The van der Waals surface area contributed by atoms with Crippen LogP contribution in [-0.2, 0) is 9.59 Å². The number of aliphatic carboxylic acids is 1. The van der Waals surface area contributed by atoms with E-state index in [1.807, 2.05) is 0 Å². The highest BCUT2D eigenvalue weighted by molar-refractivity contribution is 5.75. The van der Waals surface area contributed by atoms with E-state index in [4.69, 9.17) is 5.11 Å². The Morgan fingerprint density at radius 2 is 1.65 bits per heavy atom. The van der Waals surface area contributed by atoms with Crippen molar-refractivity contribution in [3.63, 3.8) is 0 Å². The SMILES string of the molecule is CC(C)CCC(=O)NCCC(CCC(=O)O)C(C)(C)C. The monoisotopic (exact) mass is 285 g/mol. The highest BCUT2D eigenvalue weighted by Gasteiger charge is 2.24. The van der Waals surface area contributed by atoms with E-state index in [1.54, 1.807) is 0 Å². The second kappa shape index (κ2) is 8.98. The molecular formula is C16H31NO3. The highest BCUT2D eigenvalue weighted by atomic mass is 16.4. The van der Waals surface area contributed by atoms with E-state index in [-0.39, 0.29) is 17.7 Å². The minimum absolute atomic E-state index is 0.0676. The van der Waals surface area contributed by atoms with Crippen LogP contribution in [0.4, 0.5) is 0 Å². The summed E-state index contributed by atoms with van der Waals surface area (Å²) < 4.78 is 0. The summed E-state index contributed by atoms with van der Waals surface area (Å²) in [5.74, 6) is 0.201. The van der Waals surface area contributed by atoms with E-state index >= 15 is 0 Å². The summed E-state index contributed by atoms with van der Waals surface area (Å²) in [6.45, 7) is 11.2. The number of carboxylic acids is 1. The zero-order chi connectivity index (χ0) is 15.8. The third kappa shape index (κ3) is 9.82. The Hall–Kier alpha value is -1.06. The van der Waals surface area contributed by atoms with Crippen LogP contribution in [-0.4, -0.2) is 23.5 Å². The predicted molar refractivity (Wildman–Crippen MR) is 81.5 cm³/mol. The molecule has 4 nitrogen and oxygen atoms in total. The van der Waals surface area contributed by atoms with Gasteiger partial charge < -0.3 is 10.4 Å². The molecule has 0 aromatic rings. The number of nitrogens with one attached hydrogen (secondary N) is 1. The molecule has 0 aliphatic rings. The fraction of sp³-hybridized carbons (Fsp3) is 0.875. The van der Waals surface area contributed by atoms with E-state index < -0.39 is 5.97 Å². The molecule has 1 amide bonds. The lowest BCUT2D eigenvalue weighted by Crippen LogP contribution is -2.30. The number of hydrogen-bond donors (Lipinski definition) is 2. The molecule has 20 heavy (non-hydrogen) atoms. The Morgan fingerprint density at radius 3 is 2.10 bits per heavy atom. The summed E-state index contributed by atoms with van der Waals surface area (Å²) in [6.07, 6.45) is 3.19. The second-order valence-electron chi connectivity index (χ2n) is 7.07. The van der Waals surface area contributed by atoms with Crippen molar-refractivity contribution in [2.24, 2.45) is 17.3 Å². The molecule has 1 atom stereocenters. The molecule has 0 aromatic heterocycles. The topological polar surface area (TPSA) is 66.4 Å². The molecule has 0 aromatic carbocycles. The average molecular weight is 285 g/mol. The Labute approximate surface area is 123 Å². The second-order valence-corrected chi connectivity index (χ2v) is 7.07. The fourth-order valence-electron chi connectivity index (χ4n) is 2.20. The zero-order valence-electron chi connectivity index (χ0n) is 13.7. The zero-order valence-corrected chi connectivity index (χ0v) is 13.7. The number of carbonyl (C=O) groups excluding carboxylic acids is 1. The van der Waals surface area contributed by atoms with Gasteiger partial charge in [-0.2, -0.15) is 0 Å². The first-order chi connectivity index (χ1) is 9.12. The third-order valence-electron chi connectivity index (χ3n) is 3.70. The number of carbonyl (C=O) groups is 2. The maximum Gasteiger partial charge on any atom is 0.303 e. The first-order valence-corrected chi connectivity index (χ1v) is 7.61. The highest BCUT2D eigenvalue weighted by Crippen LogP contribution is 2.32. The molecule has 0 bridgehead atoms. The lowest BCUT2D eigenvalue weighted by atomic mass is 9.76. The van der Waals surface area contributed by atoms with Crippen molar-refractivity contribution in [2.75, 3.05) is 6.54 Å². The number of carboxylic acid groups (broad SMARTS) is 1. The van der Waals surface area contributed by atoms with Crippen molar-refractivity contribution in [1.82, 2.24) is 5.32 Å². The summed E-state index contributed by atoms with van der Waals surface area (Å²) in [4.78, 5) is 22.3. The van der Waals surface area contributed by atoms with Gasteiger partial charge in [-0.25, -0.2) is 0 Å². The van der Waals surface area contributed by atoms with Gasteiger partial charge in [0, 0.05) is 19.4 Å². The standard InChI is InChI=1S/C16H31NO3/c1-12(2)6-8-14(18)17-11-10-13(16(3,4)5)7-9-15(19)20/h12-13H,6-11H2,1-5H3,(H,17,18)(H,19,20). The predicted octanol–water partition coefficient (Wildman–Crippen LogP) is 3.46. The smallest absolute Gasteiger partial charge is 0.303 e. The number of hydrogen-bond acceptors (Lipinski definition) is 2. The molecule has 118 valence electrons. The summed E-state index contributed by atoms with van der Waals surface area (Å²) in [5, 5.41) is 11.7. The van der Waals surface area contributed by atoms with Gasteiger partial charge in [0.25, 0.3) is 0 Å². The molecule has 0 spiro atoms. The van der Waals surface area contributed by atoms with Gasteiger partial charge in [-0.05, 0) is 36.5 Å². The van der Waals surface area contributed by atoms with Crippen molar-refractivity contribution in [3.05, 3.63) is 0 Å². The number of amides is 1. The van der Waals surface area contributed by atoms with Crippen LogP contribution in [0, 0.1) is 17.3 Å². The molecule has 0 radical (unpaired) electrons. The van der Waals surface area contributed by atoms with Crippen LogP contribution in [0.5, 0.6) is 0 Å². The van der Waals surface area contributed by atoms with Gasteiger partial charge in [-0.1, -0.05) is 34.6 Å². The first-order valence-electron chi connectivity index (χ1n) is 7.61. The van der Waals surface area contributed by atoms with E-state index in [0.717, 1.165) is 12.8 Å². The van der Waals surface area contributed by atoms with Crippen LogP contribution in [0.15, 0.2) is 0 Å². The molecule has 0 aliphatic heterocycles. The van der Waals surface area contributed by atoms with Gasteiger partial charge in [0.05, 0.1) is 0 Å². The van der Waals surface area contributed by atoms with Crippen molar-refractivity contribution in [1.29, 1.82) is 0 Å². The summed E-state index contributed by atoms with van der Waals surface area (Å²) in [5.41, 5.74) is 0.0676. The van der Waals surface area contributed by atoms with E-state index in [2.05, 4.69) is 39.9 Å². The largest absolute Gasteiger partial charge is 0.481 e. The van der Waals surface area contributed by atoms with Crippen molar-refractivity contribution in [3.8, 4) is 0 Å². The van der Waals surface area contributed by atoms with Gasteiger partial charge in [0.15, 0.2) is 0 Å². The van der Waals surface area contributed by atoms with E-state index in [1.165, 1.54) is 0 Å². The first kappa shape index (κ1) is 18.9. The van der Waals surface area contributed by atoms with E-state index in [0.29, 0.717) is 31.2 Å². The van der Waals surface area contributed by atoms with Crippen LogP contribution in [0.25, 0.3) is 0 Å². The maximum atomic E-state index is 11.6. The van der Waals surface area contributed by atoms with Gasteiger partial charge in [-0.15, -0.1) is 0 Å². The molecule has 1 unspecified atom stereocenters. The minimum Gasteiger partial charge on any atom is -0.481 e. The molecular weight excluding hydrogens is 254 g/mol.